The van der Waals surface area contributed by atoms with Gasteiger partial charge in [-0.2, -0.15) is 11.8 Å². The second-order valence-electron chi connectivity index (χ2n) is 7.39. The second kappa shape index (κ2) is 9.42. The summed E-state index contributed by atoms with van der Waals surface area (Å²) in [4.78, 5) is 2.72. The summed E-state index contributed by atoms with van der Waals surface area (Å²) in [7, 11) is 0. The molecule has 2 nitrogen and oxygen atoms in total. The highest BCUT2D eigenvalue weighted by Gasteiger charge is 2.39. The number of hydrogen-bond acceptors (Lipinski definition) is 3. The Balaban J connectivity index is 1.66. The van der Waals surface area contributed by atoms with Crippen LogP contribution in [0.1, 0.15) is 58.8 Å². The lowest BCUT2D eigenvalue weighted by molar-refractivity contribution is 0.0297. The first-order chi connectivity index (χ1) is 10.2. The van der Waals surface area contributed by atoms with Crippen molar-refractivity contribution in [1.29, 1.82) is 0 Å². The zero-order valence-corrected chi connectivity index (χ0v) is 15.3. The number of fused-ring (bicyclic) bond motifs is 2. The molecule has 0 aromatic heterocycles. The molecule has 0 amide bonds. The van der Waals surface area contributed by atoms with Gasteiger partial charge in [-0.1, -0.05) is 19.3 Å². The lowest BCUT2D eigenvalue weighted by atomic mass is 9.73. The minimum absolute atomic E-state index is 0.727. The predicted molar refractivity (Wildman–Crippen MR) is 96.2 cm³/mol. The van der Waals surface area contributed by atoms with Crippen LogP contribution in [0.3, 0.4) is 0 Å². The van der Waals surface area contributed by atoms with Gasteiger partial charge in [-0.15, -0.1) is 0 Å². The standard InChI is InChI=1S/C18H36N2S/c1-15(2)20-13-16-9-8-10-17(14-20)18(16)19-11-6-4-5-7-12-21-3/h15-19H,4-14H2,1-3H3. The number of rotatable bonds is 9. The largest absolute Gasteiger partial charge is 0.313 e. The first-order valence-corrected chi connectivity index (χ1v) is 10.6. The molecule has 2 bridgehead atoms. The van der Waals surface area contributed by atoms with E-state index in [1.807, 2.05) is 11.8 Å². The summed E-state index contributed by atoms with van der Waals surface area (Å²) in [5.41, 5.74) is 0. The maximum absolute atomic E-state index is 3.94. The third-order valence-electron chi connectivity index (χ3n) is 5.49. The number of likely N-dealkylation sites (tertiary alicyclic amines) is 1. The highest BCUT2D eigenvalue weighted by Crippen LogP contribution is 2.35. The van der Waals surface area contributed by atoms with E-state index in [4.69, 9.17) is 0 Å². The van der Waals surface area contributed by atoms with Gasteiger partial charge in [0.15, 0.2) is 0 Å². The molecule has 2 rings (SSSR count). The zero-order valence-electron chi connectivity index (χ0n) is 14.4. The van der Waals surface area contributed by atoms with Crippen molar-refractivity contribution >= 4 is 11.8 Å². The third-order valence-corrected chi connectivity index (χ3v) is 6.19. The van der Waals surface area contributed by atoms with E-state index in [-0.39, 0.29) is 0 Å². The van der Waals surface area contributed by atoms with Crippen molar-refractivity contribution in [3.8, 4) is 0 Å². The molecule has 2 atom stereocenters. The molecule has 0 radical (unpaired) electrons. The van der Waals surface area contributed by atoms with E-state index in [0.29, 0.717) is 0 Å². The van der Waals surface area contributed by atoms with Crippen molar-refractivity contribution in [2.24, 2.45) is 11.8 Å². The Morgan fingerprint density at radius 2 is 1.71 bits per heavy atom. The average Bonchev–Trinajstić information content (AvgIpc) is 2.45. The Kier molecular flexibility index (Phi) is 7.90. The van der Waals surface area contributed by atoms with Crippen LogP contribution in [0, 0.1) is 11.8 Å². The topological polar surface area (TPSA) is 15.3 Å². The van der Waals surface area contributed by atoms with Gasteiger partial charge in [0.1, 0.15) is 0 Å². The predicted octanol–water partition coefficient (Wildman–Crippen LogP) is 4.01. The minimum atomic E-state index is 0.727. The first-order valence-electron chi connectivity index (χ1n) is 9.18. The Bertz CT molecular complexity index is 268. The SMILES string of the molecule is CSCCCCCCNC1C2CCCC1CN(C(C)C)C2. The number of piperidine rings is 1. The van der Waals surface area contributed by atoms with Crippen molar-refractivity contribution in [2.75, 3.05) is 31.6 Å². The van der Waals surface area contributed by atoms with Gasteiger partial charge in [0.25, 0.3) is 0 Å². The molecule has 0 spiro atoms. The third kappa shape index (κ3) is 5.44. The van der Waals surface area contributed by atoms with Crippen LogP contribution < -0.4 is 5.32 Å². The summed E-state index contributed by atoms with van der Waals surface area (Å²) in [6, 6.07) is 1.55. The Morgan fingerprint density at radius 3 is 2.33 bits per heavy atom. The molecule has 1 saturated carbocycles. The fourth-order valence-electron chi connectivity index (χ4n) is 4.22. The number of nitrogens with one attached hydrogen (secondary N) is 1. The summed E-state index contributed by atoms with van der Waals surface area (Å²) in [5, 5.41) is 3.94. The van der Waals surface area contributed by atoms with Crippen molar-refractivity contribution in [3.05, 3.63) is 0 Å². The quantitative estimate of drug-likeness (QED) is 0.648. The summed E-state index contributed by atoms with van der Waals surface area (Å²) in [5.74, 6) is 3.17. The number of nitrogens with zero attached hydrogens (tertiary/aromatic N) is 1. The summed E-state index contributed by atoms with van der Waals surface area (Å²) < 4.78 is 0. The molecular weight excluding hydrogens is 276 g/mol. The monoisotopic (exact) mass is 312 g/mol. The molecule has 1 aliphatic heterocycles. The smallest absolute Gasteiger partial charge is 0.0148 e. The summed E-state index contributed by atoms with van der Waals surface area (Å²) in [6.45, 7) is 8.63. The van der Waals surface area contributed by atoms with E-state index < -0.39 is 0 Å². The molecule has 2 unspecified atom stereocenters. The molecular formula is C18H36N2S. The van der Waals surface area contributed by atoms with E-state index in [1.54, 1.807) is 0 Å². The van der Waals surface area contributed by atoms with Crippen LogP contribution in [0.25, 0.3) is 0 Å². The zero-order chi connectivity index (χ0) is 15.1. The summed E-state index contributed by atoms with van der Waals surface area (Å²) in [6.07, 6.45) is 12.2. The minimum Gasteiger partial charge on any atom is -0.313 e. The fraction of sp³-hybridized carbons (Fsp3) is 1.00. The lowest BCUT2D eigenvalue weighted by Crippen LogP contribution is -2.58. The Morgan fingerprint density at radius 1 is 1.05 bits per heavy atom. The van der Waals surface area contributed by atoms with Crippen LogP contribution in [0.5, 0.6) is 0 Å². The van der Waals surface area contributed by atoms with Gasteiger partial charge in [-0.05, 0) is 69.9 Å². The average molecular weight is 313 g/mol. The molecule has 1 N–H and O–H groups in total. The van der Waals surface area contributed by atoms with Gasteiger partial charge in [-0.3, -0.25) is 0 Å². The maximum atomic E-state index is 3.94. The van der Waals surface area contributed by atoms with Crippen LogP contribution in [-0.2, 0) is 0 Å². The van der Waals surface area contributed by atoms with Gasteiger partial charge >= 0.3 is 0 Å². The van der Waals surface area contributed by atoms with Gasteiger partial charge in [-0.25, -0.2) is 0 Å². The number of unbranched alkanes of at least 4 members (excludes halogenated alkanes) is 3. The molecule has 21 heavy (non-hydrogen) atoms. The van der Waals surface area contributed by atoms with E-state index in [1.165, 1.54) is 70.3 Å². The molecule has 2 fully saturated rings. The van der Waals surface area contributed by atoms with Crippen LogP contribution in [0.4, 0.5) is 0 Å². The van der Waals surface area contributed by atoms with Crippen LogP contribution in [0.15, 0.2) is 0 Å². The Labute approximate surface area is 136 Å². The highest BCUT2D eigenvalue weighted by molar-refractivity contribution is 7.98. The number of hydrogen-bond donors (Lipinski definition) is 1. The van der Waals surface area contributed by atoms with Crippen molar-refractivity contribution in [1.82, 2.24) is 10.2 Å². The molecule has 1 saturated heterocycles. The van der Waals surface area contributed by atoms with E-state index in [9.17, 15) is 0 Å². The molecule has 1 heterocycles. The van der Waals surface area contributed by atoms with Crippen LogP contribution in [0.2, 0.25) is 0 Å². The summed E-state index contributed by atoms with van der Waals surface area (Å²) >= 11 is 1.98. The first kappa shape index (κ1) is 17.6. The van der Waals surface area contributed by atoms with E-state index in [2.05, 4.69) is 30.3 Å². The highest BCUT2D eigenvalue weighted by atomic mass is 32.2. The molecule has 0 aromatic carbocycles. The van der Waals surface area contributed by atoms with Gasteiger partial charge in [0.2, 0.25) is 0 Å². The van der Waals surface area contributed by atoms with Crippen LogP contribution in [-0.4, -0.2) is 48.6 Å². The molecule has 0 aromatic rings. The molecule has 1 aliphatic carbocycles. The second-order valence-corrected chi connectivity index (χ2v) is 8.37. The van der Waals surface area contributed by atoms with Crippen molar-refractivity contribution < 1.29 is 0 Å². The van der Waals surface area contributed by atoms with Gasteiger partial charge < -0.3 is 10.2 Å². The lowest BCUT2D eigenvalue weighted by Gasteiger charge is -2.49. The van der Waals surface area contributed by atoms with Crippen molar-refractivity contribution in [3.63, 3.8) is 0 Å². The maximum Gasteiger partial charge on any atom is 0.0148 e. The fourth-order valence-corrected chi connectivity index (χ4v) is 4.71. The normalized spacial score (nSPS) is 30.0. The Hall–Kier alpha value is 0.270. The number of thioether (sulfide) groups is 1. The molecule has 2 aliphatic rings. The van der Waals surface area contributed by atoms with Gasteiger partial charge in [0.05, 0.1) is 0 Å². The molecule has 3 heteroatoms. The van der Waals surface area contributed by atoms with E-state index >= 15 is 0 Å². The van der Waals surface area contributed by atoms with E-state index in [0.717, 1.165) is 23.9 Å². The molecule has 124 valence electrons. The van der Waals surface area contributed by atoms with Crippen LogP contribution >= 0.6 is 11.8 Å². The van der Waals surface area contributed by atoms with Crippen molar-refractivity contribution in [2.45, 2.75) is 70.9 Å². The van der Waals surface area contributed by atoms with Gasteiger partial charge in [0, 0.05) is 25.2 Å².